The van der Waals surface area contributed by atoms with Gasteiger partial charge in [0.15, 0.2) is 17.5 Å². The van der Waals surface area contributed by atoms with Gasteiger partial charge in [-0.25, -0.2) is 4.99 Å². The lowest BCUT2D eigenvalue weighted by Crippen LogP contribution is -2.49. The Morgan fingerprint density at radius 3 is 2.46 bits per heavy atom. The van der Waals surface area contributed by atoms with Gasteiger partial charge in [0.1, 0.15) is 0 Å². The van der Waals surface area contributed by atoms with E-state index in [1.54, 1.807) is 14.2 Å². The Bertz CT molecular complexity index is 635. The highest BCUT2D eigenvalue weighted by molar-refractivity contribution is 14.0. The molecule has 1 saturated heterocycles. The molecule has 0 aliphatic carbocycles. The van der Waals surface area contributed by atoms with E-state index in [0.29, 0.717) is 30.1 Å². The second-order valence-electron chi connectivity index (χ2n) is 7.06. The molecule has 1 fully saturated rings. The molecule has 0 aromatic heterocycles. The maximum Gasteiger partial charge on any atom is 0.191 e. The Kier molecular flexibility index (Phi) is 11.5. The van der Waals surface area contributed by atoms with Gasteiger partial charge in [0.25, 0.3) is 0 Å². The predicted octanol–water partition coefficient (Wildman–Crippen LogP) is 4.01. The van der Waals surface area contributed by atoms with Gasteiger partial charge in [0.2, 0.25) is 0 Å². The van der Waals surface area contributed by atoms with Crippen LogP contribution in [0.25, 0.3) is 0 Å². The SMILES string of the molecule is CCNC(=NCc1cc(Br)c(OC)c(OC)c1)NC1CCN(C(C)C)CC1.I. The second-order valence-corrected chi connectivity index (χ2v) is 7.91. The van der Waals surface area contributed by atoms with Gasteiger partial charge in [-0.3, -0.25) is 0 Å². The number of hydrogen-bond acceptors (Lipinski definition) is 4. The van der Waals surface area contributed by atoms with Gasteiger partial charge in [-0.15, -0.1) is 24.0 Å². The number of likely N-dealkylation sites (tertiary alicyclic amines) is 1. The van der Waals surface area contributed by atoms with Crippen LogP contribution in [0.4, 0.5) is 0 Å². The van der Waals surface area contributed by atoms with Crippen molar-refractivity contribution < 1.29 is 9.47 Å². The molecule has 0 atom stereocenters. The third-order valence-corrected chi connectivity index (χ3v) is 5.45. The molecule has 1 aliphatic heterocycles. The molecule has 1 heterocycles. The number of rotatable bonds is 7. The van der Waals surface area contributed by atoms with E-state index in [2.05, 4.69) is 52.2 Å². The summed E-state index contributed by atoms with van der Waals surface area (Å²) < 4.78 is 11.7. The van der Waals surface area contributed by atoms with Crippen LogP contribution < -0.4 is 20.1 Å². The van der Waals surface area contributed by atoms with Gasteiger partial charge in [-0.05, 0) is 67.2 Å². The zero-order valence-electron chi connectivity index (χ0n) is 17.5. The first kappa shape index (κ1) is 25.3. The molecule has 1 aliphatic rings. The number of guanidine groups is 1. The Hall–Kier alpha value is -0.740. The normalized spacial score (nSPS) is 15.9. The van der Waals surface area contributed by atoms with Crippen LogP contribution in [0.15, 0.2) is 21.6 Å². The molecule has 28 heavy (non-hydrogen) atoms. The number of ether oxygens (including phenoxy) is 2. The molecule has 0 spiro atoms. The smallest absolute Gasteiger partial charge is 0.191 e. The fourth-order valence-electron chi connectivity index (χ4n) is 3.31. The molecule has 1 aromatic rings. The average molecular weight is 569 g/mol. The van der Waals surface area contributed by atoms with Crippen molar-refractivity contribution in [1.82, 2.24) is 15.5 Å². The van der Waals surface area contributed by atoms with E-state index in [1.165, 1.54) is 0 Å². The third kappa shape index (κ3) is 7.26. The van der Waals surface area contributed by atoms with Gasteiger partial charge < -0.3 is 25.0 Å². The van der Waals surface area contributed by atoms with Gasteiger partial charge in [0, 0.05) is 31.7 Å². The highest BCUT2D eigenvalue weighted by Crippen LogP contribution is 2.36. The zero-order valence-corrected chi connectivity index (χ0v) is 21.5. The first-order valence-corrected chi connectivity index (χ1v) is 10.5. The van der Waals surface area contributed by atoms with E-state index >= 15 is 0 Å². The number of aliphatic imine (C=N–C) groups is 1. The first-order chi connectivity index (χ1) is 13.0. The molecule has 0 bridgehead atoms. The predicted molar refractivity (Wildman–Crippen MR) is 130 cm³/mol. The average Bonchev–Trinajstić information content (AvgIpc) is 2.66. The topological polar surface area (TPSA) is 58.1 Å². The summed E-state index contributed by atoms with van der Waals surface area (Å²) in [7, 11) is 3.28. The van der Waals surface area contributed by atoms with Gasteiger partial charge in [-0.1, -0.05) is 0 Å². The van der Waals surface area contributed by atoms with Gasteiger partial charge >= 0.3 is 0 Å². The summed E-state index contributed by atoms with van der Waals surface area (Å²) in [6, 6.07) is 5.08. The third-order valence-electron chi connectivity index (χ3n) is 4.86. The van der Waals surface area contributed by atoms with Crippen molar-refractivity contribution in [1.29, 1.82) is 0 Å². The van der Waals surface area contributed by atoms with Crippen molar-refractivity contribution in [3.8, 4) is 11.5 Å². The van der Waals surface area contributed by atoms with E-state index in [9.17, 15) is 0 Å². The summed E-state index contributed by atoms with van der Waals surface area (Å²) >= 11 is 3.54. The molecule has 0 amide bonds. The van der Waals surface area contributed by atoms with E-state index in [4.69, 9.17) is 14.5 Å². The summed E-state index contributed by atoms with van der Waals surface area (Å²) in [5.74, 6) is 2.27. The summed E-state index contributed by atoms with van der Waals surface area (Å²) in [5.41, 5.74) is 1.06. The van der Waals surface area contributed by atoms with Crippen LogP contribution in [-0.2, 0) is 6.54 Å². The molecular weight excluding hydrogens is 535 g/mol. The first-order valence-electron chi connectivity index (χ1n) is 9.67. The summed E-state index contributed by atoms with van der Waals surface area (Å²) in [6.45, 7) is 10.3. The molecule has 0 unspecified atom stereocenters. The molecule has 160 valence electrons. The number of nitrogens with one attached hydrogen (secondary N) is 2. The van der Waals surface area contributed by atoms with Crippen LogP contribution >= 0.6 is 39.9 Å². The Labute approximate surface area is 195 Å². The Morgan fingerprint density at radius 1 is 1.25 bits per heavy atom. The van der Waals surface area contributed by atoms with E-state index in [0.717, 1.165) is 48.5 Å². The lowest BCUT2D eigenvalue weighted by Gasteiger charge is -2.35. The molecule has 8 heteroatoms. The Balaban J connectivity index is 0.00000392. The number of piperidine rings is 1. The summed E-state index contributed by atoms with van der Waals surface area (Å²) in [6.07, 6.45) is 2.29. The van der Waals surface area contributed by atoms with Gasteiger partial charge in [-0.2, -0.15) is 0 Å². The van der Waals surface area contributed by atoms with Crippen molar-refractivity contribution in [2.45, 2.75) is 52.2 Å². The fraction of sp³-hybridized carbons (Fsp3) is 0.650. The maximum absolute atomic E-state index is 5.42. The van der Waals surface area contributed by atoms with Gasteiger partial charge in [0.05, 0.1) is 25.2 Å². The number of methoxy groups -OCH3 is 2. The van der Waals surface area contributed by atoms with E-state index in [1.807, 2.05) is 12.1 Å². The van der Waals surface area contributed by atoms with Crippen molar-refractivity contribution >= 4 is 45.9 Å². The van der Waals surface area contributed by atoms with Crippen LogP contribution in [0, 0.1) is 0 Å². The standard InChI is InChI=1S/C20H33BrN4O2.HI/c1-6-22-20(24-16-7-9-25(10-8-16)14(2)3)23-13-15-11-17(21)19(27-5)18(12-15)26-4;/h11-12,14,16H,6-10,13H2,1-5H3,(H2,22,23,24);1H. The lowest BCUT2D eigenvalue weighted by molar-refractivity contribution is 0.167. The molecule has 1 aromatic carbocycles. The van der Waals surface area contributed by atoms with Crippen LogP contribution in [0.5, 0.6) is 11.5 Å². The molecule has 0 saturated carbocycles. The van der Waals surface area contributed by atoms with Crippen molar-refractivity contribution in [3.63, 3.8) is 0 Å². The number of nitrogens with zero attached hydrogens (tertiary/aromatic N) is 2. The van der Waals surface area contributed by atoms with Crippen LogP contribution in [0.2, 0.25) is 0 Å². The minimum Gasteiger partial charge on any atom is -0.493 e. The lowest BCUT2D eigenvalue weighted by atomic mass is 10.0. The van der Waals surface area contributed by atoms with Crippen molar-refractivity contribution in [2.24, 2.45) is 4.99 Å². The highest BCUT2D eigenvalue weighted by Gasteiger charge is 2.21. The number of hydrogen-bond donors (Lipinski definition) is 2. The number of halogens is 2. The van der Waals surface area contributed by atoms with E-state index in [-0.39, 0.29) is 24.0 Å². The van der Waals surface area contributed by atoms with Crippen LogP contribution in [-0.4, -0.2) is 56.8 Å². The van der Waals surface area contributed by atoms with Crippen LogP contribution in [0.3, 0.4) is 0 Å². The fourth-order valence-corrected chi connectivity index (χ4v) is 3.96. The zero-order chi connectivity index (χ0) is 19.8. The molecule has 2 rings (SSSR count). The summed E-state index contributed by atoms with van der Waals surface area (Å²) in [5, 5.41) is 6.95. The Morgan fingerprint density at radius 2 is 1.93 bits per heavy atom. The van der Waals surface area contributed by atoms with Crippen molar-refractivity contribution in [2.75, 3.05) is 33.9 Å². The monoisotopic (exact) mass is 568 g/mol. The van der Waals surface area contributed by atoms with Crippen LogP contribution in [0.1, 0.15) is 39.2 Å². The quantitative estimate of drug-likeness (QED) is 0.296. The summed E-state index contributed by atoms with van der Waals surface area (Å²) in [4.78, 5) is 7.30. The molecule has 6 nitrogen and oxygen atoms in total. The minimum absolute atomic E-state index is 0. The molecule has 0 radical (unpaired) electrons. The molecule has 2 N–H and O–H groups in total. The highest BCUT2D eigenvalue weighted by atomic mass is 127. The number of benzene rings is 1. The van der Waals surface area contributed by atoms with Crippen molar-refractivity contribution in [3.05, 3.63) is 22.2 Å². The minimum atomic E-state index is 0. The molecular formula is C20H34BrIN4O2. The largest absolute Gasteiger partial charge is 0.493 e. The maximum atomic E-state index is 5.42. The van der Waals surface area contributed by atoms with E-state index < -0.39 is 0 Å². The second kappa shape index (κ2) is 12.7.